The Kier molecular flexibility index (Phi) is 45.8. The van der Waals surface area contributed by atoms with Gasteiger partial charge in [0.1, 0.15) is 5.78 Å². The highest BCUT2D eigenvalue weighted by Gasteiger charge is 2.15. The lowest BCUT2D eigenvalue weighted by Gasteiger charge is -2.22. The quantitative estimate of drug-likeness (QED) is 0.0383. The van der Waals surface area contributed by atoms with Crippen LogP contribution in [-0.4, -0.2) is 118 Å². The summed E-state index contributed by atoms with van der Waals surface area (Å²) in [7, 11) is 0. The van der Waals surface area contributed by atoms with Gasteiger partial charge in [-0.25, -0.2) is 0 Å². The number of unbranched alkanes of at least 4 members (excludes halogenated alkanes) is 26. The van der Waals surface area contributed by atoms with Gasteiger partial charge in [-0.1, -0.05) is 188 Å². The summed E-state index contributed by atoms with van der Waals surface area (Å²) in [5.74, 6) is -0.00955. The summed E-state index contributed by atoms with van der Waals surface area (Å²) in [6, 6.07) is 0. The van der Waals surface area contributed by atoms with E-state index < -0.39 is 0 Å². The zero-order chi connectivity index (χ0) is 44.7. The maximum absolute atomic E-state index is 12.9. The second-order valence-electron chi connectivity index (χ2n) is 17.9. The van der Waals surface area contributed by atoms with Crippen molar-refractivity contribution in [3.8, 4) is 0 Å². The molecule has 0 unspecified atom stereocenters. The molecule has 0 radical (unpaired) electrons. The van der Waals surface area contributed by atoms with Crippen LogP contribution in [0.5, 0.6) is 0 Å². The fourth-order valence-electron chi connectivity index (χ4n) is 7.76. The van der Waals surface area contributed by atoms with Crippen molar-refractivity contribution in [1.29, 1.82) is 0 Å². The maximum atomic E-state index is 12.9. The van der Waals surface area contributed by atoms with Crippen molar-refractivity contribution < 1.29 is 19.2 Å². The van der Waals surface area contributed by atoms with Crippen molar-refractivity contribution in [2.45, 2.75) is 214 Å². The van der Waals surface area contributed by atoms with Gasteiger partial charge in [-0.2, -0.15) is 0 Å². The van der Waals surface area contributed by atoms with Gasteiger partial charge in [0.15, 0.2) is 0 Å². The van der Waals surface area contributed by atoms with E-state index in [4.69, 9.17) is 0 Å². The van der Waals surface area contributed by atoms with Gasteiger partial charge in [-0.05, 0) is 26.2 Å². The summed E-state index contributed by atoms with van der Waals surface area (Å²) in [6.45, 7) is 15.3. The molecule has 360 valence electrons. The maximum Gasteiger partial charge on any atom is 0.234 e. The number of carbonyl (C=O) groups is 4. The van der Waals surface area contributed by atoms with E-state index in [-0.39, 0.29) is 49.7 Å². The first-order valence-corrected chi connectivity index (χ1v) is 26.0. The van der Waals surface area contributed by atoms with Gasteiger partial charge >= 0.3 is 0 Å². The summed E-state index contributed by atoms with van der Waals surface area (Å²) in [5, 5.41) is 16.1. The first kappa shape index (κ1) is 58.9. The molecule has 0 heterocycles. The Labute approximate surface area is 377 Å². The van der Waals surface area contributed by atoms with E-state index in [2.05, 4.69) is 47.4 Å². The van der Waals surface area contributed by atoms with Crippen LogP contribution in [0.25, 0.3) is 0 Å². The Bertz CT molecular complexity index is 1000. The minimum absolute atomic E-state index is 0.0203. The van der Waals surface area contributed by atoms with E-state index in [0.29, 0.717) is 45.8 Å². The second kappa shape index (κ2) is 47.4. The first-order chi connectivity index (χ1) is 29.8. The number of nitrogens with one attached hydrogen (secondary N) is 5. The number of ketones is 1. The molecule has 0 fully saturated rings. The molecular formula is C50H101N7O4. The molecule has 0 aliphatic rings. The van der Waals surface area contributed by atoms with Crippen LogP contribution in [0.1, 0.15) is 214 Å². The molecule has 0 aromatic carbocycles. The summed E-state index contributed by atoms with van der Waals surface area (Å²) >= 11 is 0. The van der Waals surface area contributed by atoms with Crippen molar-refractivity contribution in [1.82, 2.24) is 36.4 Å². The van der Waals surface area contributed by atoms with Crippen LogP contribution in [0.4, 0.5) is 0 Å². The topological polar surface area (TPSA) is 135 Å². The summed E-state index contributed by atoms with van der Waals surface area (Å²) in [5.41, 5.74) is 0. The third kappa shape index (κ3) is 45.7. The summed E-state index contributed by atoms with van der Waals surface area (Å²) in [4.78, 5) is 54.2. The monoisotopic (exact) mass is 864 g/mol. The molecule has 0 saturated carbocycles. The van der Waals surface area contributed by atoms with E-state index in [0.717, 1.165) is 51.6 Å². The average Bonchev–Trinajstić information content (AvgIpc) is 3.23. The normalized spacial score (nSPS) is 11.4. The molecule has 3 amide bonds. The summed E-state index contributed by atoms with van der Waals surface area (Å²) in [6.07, 6.45) is 36.6. The van der Waals surface area contributed by atoms with Gasteiger partial charge in [-0.15, -0.1) is 0 Å². The molecular weight excluding hydrogens is 763 g/mol. The summed E-state index contributed by atoms with van der Waals surface area (Å²) < 4.78 is 0. The minimum Gasteiger partial charge on any atom is -0.355 e. The van der Waals surface area contributed by atoms with E-state index in [1.807, 2.05) is 9.80 Å². The lowest BCUT2D eigenvalue weighted by Crippen LogP contribution is -2.46. The first-order valence-electron chi connectivity index (χ1n) is 26.0. The zero-order valence-electron chi connectivity index (χ0n) is 40.7. The molecule has 11 heteroatoms. The molecule has 0 saturated heterocycles. The van der Waals surface area contributed by atoms with Crippen LogP contribution < -0.4 is 26.6 Å². The number of carbonyl (C=O) groups excluding carboxylic acids is 4. The Morgan fingerprint density at radius 1 is 0.311 bits per heavy atom. The van der Waals surface area contributed by atoms with Gasteiger partial charge in [0.25, 0.3) is 0 Å². The van der Waals surface area contributed by atoms with Crippen molar-refractivity contribution in [3.63, 3.8) is 0 Å². The number of nitrogens with zero attached hydrogens (tertiary/aromatic N) is 2. The van der Waals surface area contributed by atoms with Crippen LogP contribution >= 0.6 is 0 Å². The van der Waals surface area contributed by atoms with E-state index in [9.17, 15) is 19.2 Å². The smallest absolute Gasteiger partial charge is 0.234 e. The molecule has 0 rings (SSSR count). The number of rotatable bonds is 49. The highest BCUT2D eigenvalue weighted by atomic mass is 16.2. The lowest BCUT2D eigenvalue weighted by atomic mass is 10.1. The largest absolute Gasteiger partial charge is 0.355 e. The molecule has 0 aromatic rings. The predicted molar refractivity (Wildman–Crippen MR) is 259 cm³/mol. The highest BCUT2D eigenvalue weighted by Crippen LogP contribution is 2.12. The molecule has 0 atom stereocenters. The molecule has 11 nitrogen and oxygen atoms in total. The molecule has 0 spiro atoms. The lowest BCUT2D eigenvalue weighted by molar-refractivity contribution is -0.126. The standard InChI is InChI=1S/C50H101N7O4/c1-5-8-11-14-17-20-23-26-29-31-34-53-48(59)44-56(43-47(4)58)41-39-51-37-38-52-40-42-57(45-49(60)54-35-32-28-25-22-19-16-13-10-7-3)46-50(61)55-36-33-30-27-24-21-18-15-12-9-6-2/h51-52H,5-46H2,1-4H3,(H,53,59)(H,54,60)(H,55,61). The second-order valence-corrected chi connectivity index (χ2v) is 17.9. The number of hydrogen-bond donors (Lipinski definition) is 5. The van der Waals surface area contributed by atoms with Crippen LogP contribution in [0.15, 0.2) is 0 Å². The van der Waals surface area contributed by atoms with Crippen LogP contribution in [0, 0.1) is 0 Å². The molecule has 0 aliphatic carbocycles. The van der Waals surface area contributed by atoms with E-state index in [1.54, 1.807) is 6.92 Å². The minimum atomic E-state index is -0.0219. The Morgan fingerprint density at radius 2 is 0.557 bits per heavy atom. The van der Waals surface area contributed by atoms with Crippen LogP contribution in [0.2, 0.25) is 0 Å². The number of amides is 3. The van der Waals surface area contributed by atoms with Gasteiger partial charge in [0.05, 0.1) is 26.2 Å². The molecule has 5 N–H and O–H groups in total. The fraction of sp³-hybridized carbons (Fsp3) is 0.920. The van der Waals surface area contributed by atoms with Gasteiger partial charge in [0.2, 0.25) is 17.7 Å². The molecule has 0 aliphatic heterocycles. The van der Waals surface area contributed by atoms with Crippen LogP contribution in [0.3, 0.4) is 0 Å². The van der Waals surface area contributed by atoms with Crippen LogP contribution in [-0.2, 0) is 19.2 Å². The predicted octanol–water partition coefficient (Wildman–Crippen LogP) is 9.08. The molecule has 0 bridgehead atoms. The van der Waals surface area contributed by atoms with Crippen molar-refractivity contribution in [2.75, 3.05) is 85.1 Å². The highest BCUT2D eigenvalue weighted by molar-refractivity contribution is 5.81. The van der Waals surface area contributed by atoms with Crippen molar-refractivity contribution >= 4 is 23.5 Å². The van der Waals surface area contributed by atoms with Crippen molar-refractivity contribution in [3.05, 3.63) is 0 Å². The third-order valence-corrected chi connectivity index (χ3v) is 11.5. The molecule has 0 aromatic heterocycles. The third-order valence-electron chi connectivity index (χ3n) is 11.5. The van der Waals surface area contributed by atoms with Crippen molar-refractivity contribution in [2.24, 2.45) is 0 Å². The average molecular weight is 864 g/mol. The molecule has 61 heavy (non-hydrogen) atoms. The Morgan fingerprint density at radius 3 is 0.820 bits per heavy atom. The fourth-order valence-corrected chi connectivity index (χ4v) is 7.76. The zero-order valence-corrected chi connectivity index (χ0v) is 40.7. The Hall–Kier alpha value is -2.08. The Balaban J connectivity index is 4.48. The van der Waals surface area contributed by atoms with Gasteiger partial charge in [0, 0.05) is 58.9 Å². The van der Waals surface area contributed by atoms with Gasteiger partial charge < -0.3 is 26.6 Å². The number of hydrogen-bond acceptors (Lipinski definition) is 8. The van der Waals surface area contributed by atoms with E-state index in [1.165, 1.54) is 148 Å². The number of Topliss-reactive ketones (excluding diaryl/α,β-unsaturated/α-hetero) is 1. The SMILES string of the molecule is CCCCCCCCCCCCNC(=O)CN(CCNCCNCCN(CC(=O)NCCCCCCCCCCC)CC(=O)NCCCCCCCCCCCC)CC(C)=O. The van der Waals surface area contributed by atoms with Gasteiger partial charge in [-0.3, -0.25) is 29.0 Å². The van der Waals surface area contributed by atoms with E-state index >= 15 is 0 Å².